The highest BCUT2D eigenvalue weighted by atomic mass is 32.2. The van der Waals surface area contributed by atoms with Crippen LogP contribution in [0.15, 0.2) is 22.4 Å². The average molecular weight is 256 g/mol. The number of allylic oxidation sites excluding steroid dienone is 2. The molecular formula is C8H11F3N2O2S. The summed E-state index contributed by atoms with van der Waals surface area (Å²) in [7, 11) is 0. The lowest BCUT2D eigenvalue weighted by Gasteiger charge is -2.08. The molecule has 0 heterocycles. The number of nitrogens with two attached hydrogens (primary N) is 2. The summed E-state index contributed by atoms with van der Waals surface area (Å²) >= 11 is 0.875. The number of hydrogen-bond acceptors (Lipinski definition) is 4. The van der Waals surface area contributed by atoms with E-state index in [2.05, 4.69) is 0 Å². The molecule has 0 spiro atoms. The van der Waals surface area contributed by atoms with E-state index in [4.69, 9.17) is 16.6 Å². The zero-order valence-corrected chi connectivity index (χ0v) is 9.15. The van der Waals surface area contributed by atoms with Crippen LogP contribution in [0.5, 0.6) is 0 Å². The Hall–Kier alpha value is -1.31. The van der Waals surface area contributed by atoms with E-state index in [1.807, 2.05) is 0 Å². The first-order valence-corrected chi connectivity index (χ1v) is 5.08. The molecule has 0 aromatic rings. The van der Waals surface area contributed by atoms with Gasteiger partial charge >= 0.3 is 12.1 Å². The Balaban J connectivity index is 5.27. The molecule has 0 amide bonds. The Kier molecular flexibility index (Phi) is 5.22. The maximum absolute atomic E-state index is 12.1. The van der Waals surface area contributed by atoms with Gasteiger partial charge in [0.25, 0.3) is 0 Å². The monoisotopic (exact) mass is 256 g/mol. The van der Waals surface area contributed by atoms with E-state index in [-0.39, 0.29) is 4.91 Å². The van der Waals surface area contributed by atoms with Gasteiger partial charge in [0.05, 0.1) is 0 Å². The van der Waals surface area contributed by atoms with E-state index in [0.717, 1.165) is 11.8 Å². The van der Waals surface area contributed by atoms with E-state index in [1.165, 1.54) is 0 Å². The number of thioether (sulfide) groups is 1. The zero-order chi connectivity index (χ0) is 12.9. The van der Waals surface area contributed by atoms with Crippen LogP contribution in [-0.4, -0.2) is 23.0 Å². The molecule has 0 saturated carbocycles. The van der Waals surface area contributed by atoms with Crippen LogP contribution in [0, 0.1) is 0 Å². The van der Waals surface area contributed by atoms with Crippen LogP contribution in [0.25, 0.3) is 0 Å². The number of hydrogen-bond donors (Lipinski definition) is 3. The van der Waals surface area contributed by atoms with Crippen molar-refractivity contribution in [3.05, 3.63) is 22.4 Å². The van der Waals surface area contributed by atoms with Crippen molar-refractivity contribution in [1.29, 1.82) is 0 Å². The minimum Gasteiger partial charge on any atom is -0.477 e. The molecule has 0 atom stereocenters. The molecule has 0 aromatic carbocycles. The van der Waals surface area contributed by atoms with Crippen LogP contribution in [0.2, 0.25) is 0 Å². The quantitative estimate of drug-likeness (QED) is 0.522. The first kappa shape index (κ1) is 14.7. The van der Waals surface area contributed by atoms with E-state index < -0.39 is 23.5 Å². The topological polar surface area (TPSA) is 89.3 Å². The fourth-order valence-corrected chi connectivity index (χ4v) is 1.45. The summed E-state index contributed by atoms with van der Waals surface area (Å²) in [6.07, 6.45) is -4.17. The predicted molar refractivity (Wildman–Crippen MR) is 55.3 cm³/mol. The number of aliphatic carboxylic acids is 1. The van der Waals surface area contributed by atoms with Crippen molar-refractivity contribution in [2.45, 2.75) is 13.1 Å². The average Bonchev–Trinajstić information content (AvgIpc) is 2.14. The molecule has 0 unspecified atom stereocenters. The third kappa shape index (κ3) is 4.47. The second-order valence-corrected chi connectivity index (χ2v) is 3.92. The highest BCUT2D eigenvalue weighted by Crippen LogP contribution is 2.26. The van der Waals surface area contributed by atoms with Crippen LogP contribution >= 0.6 is 11.8 Å². The van der Waals surface area contributed by atoms with Gasteiger partial charge in [0, 0.05) is 4.91 Å². The summed E-state index contributed by atoms with van der Waals surface area (Å²) in [5.74, 6) is -1.10. The Bertz CT molecular complexity index is 337. The first-order valence-electron chi connectivity index (χ1n) is 4.10. The van der Waals surface area contributed by atoms with E-state index in [0.29, 0.717) is 11.8 Å². The second-order valence-electron chi connectivity index (χ2n) is 2.61. The lowest BCUT2D eigenvalue weighted by Crippen LogP contribution is -2.20. The van der Waals surface area contributed by atoms with E-state index in [9.17, 15) is 18.0 Å². The minimum atomic E-state index is -4.70. The van der Waals surface area contributed by atoms with Gasteiger partial charge in [-0.2, -0.15) is 13.2 Å². The Labute approximate surface area is 94.2 Å². The number of alkyl halides is 3. The molecule has 16 heavy (non-hydrogen) atoms. The largest absolute Gasteiger partial charge is 0.477 e. The van der Waals surface area contributed by atoms with Crippen molar-refractivity contribution in [3.8, 4) is 0 Å². The van der Waals surface area contributed by atoms with Gasteiger partial charge in [0.1, 0.15) is 11.4 Å². The van der Waals surface area contributed by atoms with Crippen molar-refractivity contribution < 1.29 is 23.1 Å². The number of carboxylic acids is 1. The summed E-state index contributed by atoms with van der Waals surface area (Å²) < 4.78 is 36.3. The summed E-state index contributed by atoms with van der Waals surface area (Å²) in [5, 5.41) is 8.55. The lowest BCUT2D eigenvalue weighted by molar-refractivity contribution is -0.132. The number of rotatable bonds is 4. The van der Waals surface area contributed by atoms with Gasteiger partial charge in [-0.15, -0.1) is 11.8 Å². The molecule has 0 aliphatic rings. The van der Waals surface area contributed by atoms with E-state index >= 15 is 0 Å². The molecule has 8 heteroatoms. The highest BCUT2D eigenvalue weighted by molar-refractivity contribution is 8.03. The number of halogens is 3. The first-order chi connectivity index (χ1) is 7.20. The summed E-state index contributed by atoms with van der Waals surface area (Å²) in [4.78, 5) is 10.3. The van der Waals surface area contributed by atoms with Gasteiger partial charge in [0.15, 0.2) is 0 Å². The normalized spacial score (nSPS) is 14.6. The van der Waals surface area contributed by atoms with Gasteiger partial charge in [-0.3, -0.25) is 0 Å². The molecule has 0 fully saturated rings. The zero-order valence-electron chi connectivity index (χ0n) is 8.34. The molecule has 5 N–H and O–H groups in total. The van der Waals surface area contributed by atoms with Gasteiger partial charge in [-0.1, -0.05) is 6.92 Å². The molecule has 0 aliphatic carbocycles. The summed E-state index contributed by atoms with van der Waals surface area (Å²) in [5.41, 5.74) is 7.85. The van der Waals surface area contributed by atoms with Crippen molar-refractivity contribution in [1.82, 2.24) is 0 Å². The smallest absolute Gasteiger partial charge is 0.430 e. The molecule has 0 radical (unpaired) electrons. The summed E-state index contributed by atoms with van der Waals surface area (Å²) in [6, 6.07) is 0. The van der Waals surface area contributed by atoms with Crippen molar-refractivity contribution in [2.75, 3.05) is 5.75 Å². The molecule has 4 nitrogen and oxygen atoms in total. The second kappa shape index (κ2) is 5.69. The maximum Gasteiger partial charge on any atom is 0.430 e. The van der Waals surface area contributed by atoms with Gasteiger partial charge in [-0.25, -0.2) is 4.79 Å². The fourth-order valence-electron chi connectivity index (χ4n) is 0.681. The molecule has 0 aliphatic heterocycles. The van der Waals surface area contributed by atoms with Crippen LogP contribution in [0.4, 0.5) is 13.2 Å². The minimum absolute atomic E-state index is 0.204. The third-order valence-electron chi connectivity index (χ3n) is 1.41. The highest BCUT2D eigenvalue weighted by Gasteiger charge is 2.31. The van der Waals surface area contributed by atoms with Crippen molar-refractivity contribution in [3.63, 3.8) is 0 Å². The van der Waals surface area contributed by atoms with Crippen LogP contribution in [0.3, 0.4) is 0 Å². The predicted octanol–water partition coefficient (Wildman–Crippen LogP) is 1.40. The van der Waals surface area contributed by atoms with Gasteiger partial charge in [-0.05, 0) is 11.8 Å². The van der Waals surface area contributed by atoms with Crippen LogP contribution in [-0.2, 0) is 4.79 Å². The number of carbonyl (C=O) groups is 1. The number of carboxylic acid groups (broad SMARTS) is 1. The third-order valence-corrected chi connectivity index (χ3v) is 2.35. The molecule has 0 rings (SSSR count). The Morgan fingerprint density at radius 3 is 2.25 bits per heavy atom. The molecule has 0 aromatic heterocycles. The summed E-state index contributed by atoms with van der Waals surface area (Å²) in [6.45, 7) is 1.65. The maximum atomic E-state index is 12.1. The van der Waals surface area contributed by atoms with Crippen LogP contribution < -0.4 is 11.5 Å². The van der Waals surface area contributed by atoms with Gasteiger partial charge in [0.2, 0.25) is 0 Å². The van der Waals surface area contributed by atoms with Crippen LogP contribution in [0.1, 0.15) is 6.92 Å². The molecule has 0 saturated heterocycles. The van der Waals surface area contributed by atoms with E-state index in [1.54, 1.807) is 6.92 Å². The van der Waals surface area contributed by atoms with Crippen molar-refractivity contribution in [2.24, 2.45) is 11.5 Å². The Morgan fingerprint density at radius 2 is 1.94 bits per heavy atom. The SMILES string of the molecule is CCSC(/C=C(\N)C(F)(F)F)=C(/N)C(=O)O. The molecular weight excluding hydrogens is 245 g/mol. The fraction of sp³-hybridized carbons (Fsp3) is 0.375. The van der Waals surface area contributed by atoms with Crippen molar-refractivity contribution >= 4 is 17.7 Å². The standard InChI is InChI=1S/C8H11F3N2O2S/c1-2-16-4(6(13)7(14)15)3-5(12)8(9,10)11/h3H,2,12-13H2,1H3,(H,14,15)/b5-3-,6-4+. The Morgan fingerprint density at radius 1 is 1.44 bits per heavy atom. The lowest BCUT2D eigenvalue weighted by atomic mass is 10.3. The molecule has 92 valence electrons. The molecule has 0 bridgehead atoms. The van der Waals surface area contributed by atoms with Gasteiger partial charge < -0.3 is 16.6 Å².